The molecule has 1 N–H and O–H groups in total. The average molecular weight is 285 g/mol. The minimum Gasteiger partial charge on any atom is -0.312 e. The van der Waals surface area contributed by atoms with Crippen LogP contribution in [0.4, 0.5) is 0 Å². The fourth-order valence-corrected chi connectivity index (χ4v) is 6.22. The summed E-state index contributed by atoms with van der Waals surface area (Å²) in [6.07, 6.45) is 4.83. The van der Waals surface area contributed by atoms with E-state index in [1.165, 1.54) is 19.3 Å². The minimum absolute atomic E-state index is 0.122. The summed E-state index contributed by atoms with van der Waals surface area (Å²) >= 11 is 0. The second-order valence-corrected chi connectivity index (χ2v) is 10.5. The maximum atomic E-state index is 11.8. The zero-order valence-electron chi connectivity index (χ0n) is 12.4. The fraction of sp³-hybridized carbons (Fsp3) is 1.00. The third-order valence-corrected chi connectivity index (χ3v) is 7.24. The Labute approximate surface area is 117 Å². The Kier molecular flexibility index (Phi) is 3.07. The van der Waals surface area contributed by atoms with Gasteiger partial charge in [0.05, 0.1) is 11.5 Å². The van der Waals surface area contributed by atoms with Crippen LogP contribution in [0.5, 0.6) is 0 Å². The van der Waals surface area contributed by atoms with Crippen molar-refractivity contribution in [3.63, 3.8) is 0 Å². The largest absolute Gasteiger partial charge is 0.312 e. The lowest BCUT2D eigenvalue weighted by molar-refractivity contribution is 0.144. The molecule has 0 aromatic carbocycles. The van der Waals surface area contributed by atoms with Gasteiger partial charge in [-0.2, -0.15) is 0 Å². The van der Waals surface area contributed by atoms with Gasteiger partial charge in [0.2, 0.25) is 0 Å². The Morgan fingerprint density at radius 2 is 1.84 bits per heavy atom. The molecule has 19 heavy (non-hydrogen) atoms. The lowest BCUT2D eigenvalue weighted by atomic mass is 9.71. The van der Waals surface area contributed by atoms with E-state index in [1.54, 1.807) is 0 Å². The molecule has 1 saturated heterocycles. The third-order valence-electron chi connectivity index (χ3n) is 5.48. The molecule has 0 amide bonds. The zero-order valence-corrected chi connectivity index (χ0v) is 13.2. The first kappa shape index (κ1) is 13.9. The van der Waals surface area contributed by atoms with E-state index in [1.807, 2.05) is 0 Å². The molecule has 3 rings (SSSR count). The Balaban J connectivity index is 1.74. The van der Waals surface area contributed by atoms with Gasteiger partial charge >= 0.3 is 0 Å². The van der Waals surface area contributed by atoms with Gasteiger partial charge in [-0.25, -0.2) is 8.42 Å². The standard InChI is InChI=1S/C15H27NO2S/c1-14(2,3)16-10-15(7-11-6-12(11)8-15)13-4-5-19(17,18)9-13/h11-13,16H,4-10H2,1-3H3. The summed E-state index contributed by atoms with van der Waals surface area (Å²) in [5.41, 5.74) is 0.391. The summed E-state index contributed by atoms with van der Waals surface area (Å²) in [5, 5.41) is 3.66. The summed E-state index contributed by atoms with van der Waals surface area (Å²) in [6, 6.07) is 0. The number of hydrogen-bond acceptors (Lipinski definition) is 3. The number of hydrogen-bond donors (Lipinski definition) is 1. The van der Waals surface area contributed by atoms with Gasteiger partial charge in [0.1, 0.15) is 0 Å². The molecule has 3 aliphatic rings. The van der Waals surface area contributed by atoms with E-state index in [0.29, 0.717) is 17.4 Å². The van der Waals surface area contributed by atoms with E-state index in [0.717, 1.165) is 24.8 Å². The van der Waals surface area contributed by atoms with Crippen molar-refractivity contribution < 1.29 is 8.42 Å². The first-order chi connectivity index (χ1) is 8.69. The van der Waals surface area contributed by atoms with Crippen molar-refractivity contribution in [1.82, 2.24) is 5.32 Å². The van der Waals surface area contributed by atoms with Gasteiger partial charge in [0, 0.05) is 12.1 Å². The highest BCUT2D eigenvalue weighted by Crippen LogP contribution is 2.63. The van der Waals surface area contributed by atoms with Crippen molar-refractivity contribution >= 4 is 9.84 Å². The van der Waals surface area contributed by atoms with E-state index >= 15 is 0 Å². The molecule has 110 valence electrons. The molecule has 0 bridgehead atoms. The molecule has 3 unspecified atom stereocenters. The van der Waals surface area contributed by atoms with Crippen LogP contribution in [0.3, 0.4) is 0 Å². The van der Waals surface area contributed by atoms with Crippen molar-refractivity contribution in [3.8, 4) is 0 Å². The first-order valence-electron chi connectivity index (χ1n) is 7.65. The molecule has 1 heterocycles. The van der Waals surface area contributed by atoms with Crippen LogP contribution in [0, 0.1) is 23.2 Å². The maximum Gasteiger partial charge on any atom is 0.150 e. The lowest BCUT2D eigenvalue weighted by Crippen LogP contribution is -2.47. The van der Waals surface area contributed by atoms with Gasteiger partial charge in [0.25, 0.3) is 0 Å². The van der Waals surface area contributed by atoms with Crippen LogP contribution in [-0.2, 0) is 9.84 Å². The zero-order chi connectivity index (χ0) is 13.9. The summed E-state index contributed by atoms with van der Waals surface area (Å²) in [4.78, 5) is 0. The van der Waals surface area contributed by atoms with Gasteiger partial charge in [0.15, 0.2) is 9.84 Å². The Bertz CT molecular complexity index is 453. The number of rotatable bonds is 3. The molecular weight excluding hydrogens is 258 g/mol. The Hall–Kier alpha value is -0.0900. The predicted octanol–water partition coefficient (Wildman–Crippen LogP) is 2.23. The Morgan fingerprint density at radius 3 is 2.32 bits per heavy atom. The van der Waals surface area contributed by atoms with Crippen molar-refractivity contribution in [2.45, 2.75) is 52.0 Å². The molecule has 3 nitrogen and oxygen atoms in total. The number of sulfone groups is 1. The SMILES string of the molecule is CC(C)(C)NCC1(C2CCS(=O)(=O)C2)CC2CC2C1. The molecule has 3 atom stereocenters. The van der Waals surface area contributed by atoms with Gasteiger partial charge in [-0.15, -0.1) is 0 Å². The highest BCUT2D eigenvalue weighted by Gasteiger charge is 2.57. The van der Waals surface area contributed by atoms with Crippen molar-refractivity contribution in [2.75, 3.05) is 18.1 Å². The van der Waals surface area contributed by atoms with Gasteiger partial charge in [-0.05, 0) is 69.6 Å². The molecular formula is C15H27NO2S. The van der Waals surface area contributed by atoms with Crippen molar-refractivity contribution in [1.29, 1.82) is 0 Å². The second-order valence-electron chi connectivity index (χ2n) is 8.23. The predicted molar refractivity (Wildman–Crippen MR) is 77.8 cm³/mol. The van der Waals surface area contributed by atoms with Gasteiger partial charge in [-0.3, -0.25) is 0 Å². The molecule has 4 heteroatoms. The molecule has 0 aromatic rings. The van der Waals surface area contributed by atoms with E-state index in [-0.39, 0.29) is 11.0 Å². The monoisotopic (exact) mass is 285 g/mol. The second kappa shape index (κ2) is 4.20. The van der Waals surface area contributed by atoms with Crippen LogP contribution in [0.1, 0.15) is 46.5 Å². The topological polar surface area (TPSA) is 46.2 Å². The fourth-order valence-electron chi connectivity index (χ4n) is 4.28. The molecule has 3 fully saturated rings. The quantitative estimate of drug-likeness (QED) is 0.865. The normalized spacial score (nSPS) is 44.3. The molecule has 0 radical (unpaired) electrons. The van der Waals surface area contributed by atoms with Crippen LogP contribution in [-0.4, -0.2) is 32.0 Å². The third kappa shape index (κ3) is 2.85. The molecule has 1 aliphatic heterocycles. The van der Waals surface area contributed by atoms with Crippen molar-refractivity contribution in [3.05, 3.63) is 0 Å². The van der Waals surface area contributed by atoms with E-state index < -0.39 is 9.84 Å². The minimum atomic E-state index is -2.76. The molecule has 2 saturated carbocycles. The molecule has 2 aliphatic carbocycles. The van der Waals surface area contributed by atoms with E-state index in [9.17, 15) is 8.42 Å². The van der Waals surface area contributed by atoms with Gasteiger partial charge < -0.3 is 5.32 Å². The average Bonchev–Trinajstić information content (AvgIpc) is 2.70. The van der Waals surface area contributed by atoms with Crippen LogP contribution in [0.25, 0.3) is 0 Å². The molecule has 0 aromatic heterocycles. The van der Waals surface area contributed by atoms with Crippen LogP contribution in [0.15, 0.2) is 0 Å². The molecule has 0 spiro atoms. The number of nitrogens with one attached hydrogen (secondary N) is 1. The Morgan fingerprint density at radius 1 is 1.21 bits per heavy atom. The highest BCUT2D eigenvalue weighted by molar-refractivity contribution is 7.91. The van der Waals surface area contributed by atoms with Crippen molar-refractivity contribution in [2.24, 2.45) is 23.2 Å². The highest BCUT2D eigenvalue weighted by atomic mass is 32.2. The first-order valence-corrected chi connectivity index (χ1v) is 9.47. The van der Waals surface area contributed by atoms with Gasteiger partial charge in [-0.1, -0.05) is 0 Å². The van der Waals surface area contributed by atoms with E-state index in [4.69, 9.17) is 0 Å². The lowest BCUT2D eigenvalue weighted by Gasteiger charge is -2.39. The van der Waals surface area contributed by atoms with E-state index in [2.05, 4.69) is 26.1 Å². The van der Waals surface area contributed by atoms with Crippen LogP contribution in [0.2, 0.25) is 0 Å². The summed E-state index contributed by atoms with van der Waals surface area (Å²) in [7, 11) is -2.76. The summed E-state index contributed by atoms with van der Waals surface area (Å²) in [6.45, 7) is 7.59. The maximum absolute atomic E-state index is 11.8. The number of fused-ring (bicyclic) bond motifs is 1. The van der Waals surface area contributed by atoms with Crippen LogP contribution < -0.4 is 5.32 Å². The summed E-state index contributed by atoms with van der Waals surface area (Å²) in [5.74, 6) is 3.08. The summed E-state index contributed by atoms with van der Waals surface area (Å²) < 4.78 is 23.6. The van der Waals surface area contributed by atoms with Crippen LogP contribution >= 0.6 is 0 Å². The smallest absolute Gasteiger partial charge is 0.150 e.